The van der Waals surface area contributed by atoms with E-state index in [1.54, 1.807) is 6.07 Å². The minimum atomic E-state index is -0.109. The molecule has 1 fully saturated rings. The molecule has 0 heterocycles. The summed E-state index contributed by atoms with van der Waals surface area (Å²) in [6.45, 7) is 6.33. The smallest absolute Gasteiger partial charge is 0.123 e. The second-order valence-corrected chi connectivity index (χ2v) is 5.63. The van der Waals surface area contributed by atoms with E-state index in [-0.39, 0.29) is 11.2 Å². The van der Waals surface area contributed by atoms with Crippen LogP contribution in [0.15, 0.2) is 24.3 Å². The molecule has 1 aliphatic rings. The van der Waals surface area contributed by atoms with Crippen molar-refractivity contribution in [2.45, 2.75) is 44.9 Å². The lowest BCUT2D eigenvalue weighted by atomic mass is 9.57. The van der Waals surface area contributed by atoms with Crippen molar-refractivity contribution < 1.29 is 4.39 Å². The fraction of sp³-hybridized carbons (Fsp3) is 0.625. The van der Waals surface area contributed by atoms with Crippen molar-refractivity contribution >= 4 is 0 Å². The Labute approximate surface area is 110 Å². The first-order valence-electron chi connectivity index (χ1n) is 7.17. The molecule has 0 bridgehead atoms. The minimum Gasteiger partial charge on any atom is -0.316 e. The van der Waals surface area contributed by atoms with E-state index in [2.05, 4.69) is 25.2 Å². The second-order valence-electron chi connectivity index (χ2n) is 5.63. The number of rotatable bonds is 6. The normalized spacial score (nSPS) is 26.9. The Morgan fingerprint density at radius 2 is 2.11 bits per heavy atom. The Balaban J connectivity index is 2.11. The molecule has 1 nitrogen and oxygen atoms in total. The maximum Gasteiger partial charge on any atom is 0.123 e. The van der Waals surface area contributed by atoms with Gasteiger partial charge in [-0.2, -0.15) is 0 Å². The number of halogens is 1. The van der Waals surface area contributed by atoms with Crippen LogP contribution in [0.1, 0.15) is 45.1 Å². The molecule has 0 atom stereocenters. The zero-order valence-electron chi connectivity index (χ0n) is 11.5. The second kappa shape index (κ2) is 5.83. The monoisotopic (exact) mass is 249 g/mol. The topological polar surface area (TPSA) is 12.0 Å². The highest BCUT2D eigenvalue weighted by molar-refractivity contribution is 5.30. The highest BCUT2D eigenvalue weighted by Crippen LogP contribution is 2.49. The van der Waals surface area contributed by atoms with E-state index in [1.165, 1.54) is 37.3 Å². The van der Waals surface area contributed by atoms with Crippen LogP contribution in [0.3, 0.4) is 0 Å². The van der Waals surface area contributed by atoms with E-state index in [1.807, 2.05) is 6.07 Å². The third kappa shape index (κ3) is 2.74. The van der Waals surface area contributed by atoms with E-state index < -0.39 is 0 Å². The number of benzene rings is 1. The van der Waals surface area contributed by atoms with Gasteiger partial charge in [-0.3, -0.25) is 0 Å². The lowest BCUT2D eigenvalue weighted by Crippen LogP contribution is -2.48. The van der Waals surface area contributed by atoms with E-state index in [0.29, 0.717) is 0 Å². The highest BCUT2D eigenvalue weighted by Gasteiger charge is 2.44. The third-order valence-corrected chi connectivity index (χ3v) is 4.21. The molecule has 0 spiro atoms. The Morgan fingerprint density at radius 3 is 2.72 bits per heavy atom. The van der Waals surface area contributed by atoms with Gasteiger partial charge in [-0.05, 0) is 43.0 Å². The quantitative estimate of drug-likeness (QED) is 0.806. The fourth-order valence-corrected chi connectivity index (χ4v) is 3.32. The van der Waals surface area contributed by atoms with Gasteiger partial charge >= 0.3 is 0 Å². The van der Waals surface area contributed by atoms with Crippen LogP contribution in [0.25, 0.3) is 0 Å². The molecule has 2 heteroatoms. The van der Waals surface area contributed by atoms with Gasteiger partial charge in [0.2, 0.25) is 0 Å². The molecule has 0 aliphatic heterocycles. The molecule has 1 saturated carbocycles. The predicted octanol–water partition coefficient (Wildman–Crippen LogP) is 3.88. The van der Waals surface area contributed by atoms with Crippen LogP contribution in [-0.2, 0) is 5.41 Å². The van der Waals surface area contributed by atoms with E-state index in [0.717, 1.165) is 19.0 Å². The van der Waals surface area contributed by atoms with Crippen molar-refractivity contribution in [3.63, 3.8) is 0 Å². The lowest BCUT2D eigenvalue weighted by molar-refractivity contribution is 0.129. The number of hydrogen-bond acceptors (Lipinski definition) is 1. The van der Waals surface area contributed by atoms with Gasteiger partial charge in [0.25, 0.3) is 0 Å². The molecule has 0 aromatic heterocycles. The van der Waals surface area contributed by atoms with Crippen molar-refractivity contribution in [1.82, 2.24) is 5.32 Å². The summed E-state index contributed by atoms with van der Waals surface area (Å²) < 4.78 is 13.4. The highest BCUT2D eigenvalue weighted by atomic mass is 19.1. The van der Waals surface area contributed by atoms with Gasteiger partial charge in [0, 0.05) is 12.0 Å². The Hall–Kier alpha value is -0.890. The van der Waals surface area contributed by atoms with Crippen LogP contribution >= 0.6 is 0 Å². The number of nitrogens with one attached hydrogen (secondary N) is 1. The third-order valence-electron chi connectivity index (χ3n) is 4.21. The summed E-state index contributed by atoms with van der Waals surface area (Å²) >= 11 is 0. The first kappa shape index (κ1) is 13.5. The van der Waals surface area contributed by atoms with Gasteiger partial charge in [0.15, 0.2) is 0 Å². The molecule has 1 aromatic rings. The Morgan fingerprint density at radius 1 is 1.33 bits per heavy atom. The lowest BCUT2D eigenvalue weighted by Gasteiger charge is -2.49. The van der Waals surface area contributed by atoms with Crippen molar-refractivity contribution in [1.29, 1.82) is 0 Å². The zero-order chi connectivity index (χ0) is 13.0. The molecule has 1 aromatic carbocycles. The number of hydrogen-bond donors (Lipinski definition) is 1. The first-order chi connectivity index (χ1) is 8.70. The van der Waals surface area contributed by atoms with Gasteiger partial charge in [0.05, 0.1) is 0 Å². The summed E-state index contributed by atoms with van der Waals surface area (Å²) in [5.41, 5.74) is 1.36. The average Bonchev–Trinajstić information content (AvgIpc) is 2.32. The molecule has 1 N–H and O–H groups in total. The standard InChI is InChI=1S/C16H24FN/c1-3-6-13-10-16(11-13,12-18-4-2)14-7-5-8-15(17)9-14/h5,7-9,13,18H,3-4,6,10-12H2,1-2H3. The van der Waals surface area contributed by atoms with Crippen LogP contribution in [-0.4, -0.2) is 13.1 Å². The summed E-state index contributed by atoms with van der Waals surface area (Å²) in [5, 5.41) is 3.45. The molecular weight excluding hydrogens is 225 g/mol. The van der Waals surface area contributed by atoms with E-state index in [9.17, 15) is 4.39 Å². The minimum absolute atomic E-state index is 0.109. The van der Waals surface area contributed by atoms with Gasteiger partial charge in [-0.1, -0.05) is 38.8 Å². The Kier molecular flexibility index (Phi) is 4.39. The molecule has 0 amide bonds. The SMILES string of the molecule is CCCC1CC(CNCC)(c2cccc(F)c2)C1. The zero-order valence-corrected chi connectivity index (χ0v) is 11.5. The molecule has 0 saturated heterocycles. The van der Waals surface area contributed by atoms with Crippen molar-refractivity contribution in [3.05, 3.63) is 35.6 Å². The fourth-order valence-electron chi connectivity index (χ4n) is 3.32. The molecule has 0 radical (unpaired) electrons. The van der Waals surface area contributed by atoms with Crippen molar-refractivity contribution in [2.24, 2.45) is 5.92 Å². The van der Waals surface area contributed by atoms with Crippen LogP contribution < -0.4 is 5.32 Å². The summed E-state index contributed by atoms with van der Waals surface area (Å²) in [6, 6.07) is 7.18. The summed E-state index contributed by atoms with van der Waals surface area (Å²) in [6.07, 6.45) is 4.98. The molecule has 1 aliphatic carbocycles. The molecule has 2 rings (SSSR count). The van der Waals surface area contributed by atoms with Gasteiger partial charge in [-0.15, -0.1) is 0 Å². The van der Waals surface area contributed by atoms with E-state index >= 15 is 0 Å². The first-order valence-corrected chi connectivity index (χ1v) is 7.17. The molecular formula is C16H24FN. The van der Waals surface area contributed by atoms with Crippen molar-refractivity contribution in [2.75, 3.05) is 13.1 Å². The van der Waals surface area contributed by atoms with Crippen molar-refractivity contribution in [3.8, 4) is 0 Å². The molecule has 0 unspecified atom stereocenters. The summed E-state index contributed by atoms with van der Waals surface area (Å²) in [4.78, 5) is 0. The van der Waals surface area contributed by atoms with Crippen LogP contribution in [0.4, 0.5) is 4.39 Å². The van der Waals surface area contributed by atoms with Crippen LogP contribution in [0.5, 0.6) is 0 Å². The molecule has 18 heavy (non-hydrogen) atoms. The van der Waals surface area contributed by atoms with Crippen LogP contribution in [0.2, 0.25) is 0 Å². The van der Waals surface area contributed by atoms with Crippen LogP contribution in [0, 0.1) is 11.7 Å². The van der Waals surface area contributed by atoms with Gasteiger partial charge in [-0.25, -0.2) is 4.39 Å². The largest absolute Gasteiger partial charge is 0.316 e. The Bertz CT molecular complexity index is 382. The number of likely N-dealkylation sites (N-methyl/N-ethyl adjacent to an activating group) is 1. The summed E-state index contributed by atoms with van der Waals surface area (Å²) in [5.74, 6) is 0.722. The van der Waals surface area contributed by atoms with Gasteiger partial charge in [0.1, 0.15) is 5.82 Å². The average molecular weight is 249 g/mol. The maximum atomic E-state index is 13.4. The molecule has 100 valence electrons. The maximum absolute atomic E-state index is 13.4. The summed E-state index contributed by atoms with van der Waals surface area (Å²) in [7, 11) is 0. The van der Waals surface area contributed by atoms with E-state index in [4.69, 9.17) is 0 Å². The predicted molar refractivity (Wildman–Crippen MR) is 74.3 cm³/mol. The van der Waals surface area contributed by atoms with Gasteiger partial charge < -0.3 is 5.32 Å².